The molecule has 2 bridgehead atoms. The van der Waals surface area contributed by atoms with Gasteiger partial charge in [0.15, 0.2) is 5.82 Å². The van der Waals surface area contributed by atoms with Crippen LogP contribution in [-0.4, -0.2) is 87.0 Å². The van der Waals surface area contributed by atoms with Crippen LogP contribution in [0, 0.1) is 17.8 Å². The van der Waals surface area contributed by atoms with Crippen molar-refractivity contribution < 1.29 is 31.1 Å². The fourth-order valence-electron chi connectivity index (χ4n) is 7.58. The van der Waals surface area contributed by atoms with Crippen molar-refractivity contribution in [3.05, 3.63) is 42.1 Å². The van der Waals surface area contributed by atoms with Crippen molar-refractivity contribution in [3.8, 4) is 17.3 Å². The minimum atomic E-state index is -5.41. The highest BCUT2D eigenvalue weighted by molar-refractivity contribution is 7.90. The number of hydrogen-bond acceptors (Lipinski definition) is 7. The number of aromatic nitrogens is 4. The van der Waals surface area contributed by atoms with Crippen LogP contribution in [0.1, 0.15) is 36.0 Å². The molecule has 4 aliphatic rings. The van der Waals surface area contributed by atoms with E-state index in [2.05, 4.69) is 9.55 Å². The summed E-state index contributed by atoms with van der Waals surface area (Å²) < 4.78 is 74.1. The molecule has 15 heteroatoms. The molecule has 4 aromatic rings. The number of likely N-dealkylation sites (tertiary alicyclic amines) is 1. The second-order valence-electron chi connectivity index (χ2n) is 13.2. The number of sulfonamides is 1. The van der Waals surface area contributed by atoms with Crippen molar-refractivity contribution in [3.63, 3.8) is 0 Å². The molecule has 2 N–H and O–H groups in total. The monoisotopic (exact) mass is 657 g/mol. The van der Waals surface area contributed by atoms with E-state index >= 15 is 0 Å². The maximum absolute atomic E-state index is 13.8. The fraction of sp³-hybridized carbons (Fsp3) is 0.516. The molecule has 46 heavy (non-hydrogen) atoms. The van der Waals surface area contributed by atoms with Crippen LogP contribution in [0.2, 0.25) is 0 Å². The minimum Gasteiger partial charge on any atom is -0.494 e. The number of piperidine rings is 1. The number of fused-ring (bicyclic) bond motifs is 4. The summed E-state index contributed by atoms with van der Waals surface area (Å²) in [7, 11) is -3.91. The zero-order valence-corrected chi connectivity index (χ0v) is 26.0. The van der Waals surface area contributed by atoms with Crippen molar-refractivity contribution in [1.29, 1.82) is 0 Å². The van der Waals surface area contributed by atoms with E-state index in [9.17, 15) is 26.4 Å². The quantitative estimate of drug-likeness (QED) is 0.305. The van der Waals surface area contributed by atoms with Gasteiger partial charge in [0.25, 0.3) is 5.91 Å². The second kappa shape index (κ2) is 10.4. The molecule has 5 heterocycles. The van der Waals surface area contributed by atoms with Gasteiger partial charge in [0.1, 0.15) is 16.9 Å². The Hall–Kier alpha value is -3.69. The van der Waals surface area contributed by atoms with Gasteiger partial charge in [0, 0.05) is 67.9 Å². The zero-order chi connectivity index (χ0) is 32.1. The number of imidazole rings is 1. The predicted molar refractivity (Wildman–Crippen MR) is 163 cm³/mol. The number of rotatable bonds is 8. The highest BCUT2D eigenvalue weighted by Crippen LogP contribution is 2.41. The number of amides is 1. The molecule has 2 saturated carbocycles. The lowest BCUT2D eigenvalue weighted by Crippen LogP contribution is -2.54. The molecule has 8 rings (SSSR count). The number of halogens is 3. The van der Waals surface area contributed by atoms with E-state index in [1.165, 1.54) is 7.11 Å². The molecule has 2 unspecified atom stereocenters. The first-order chi connectivity index (χ1) is 21.9. The number of nitrogens with zero attached hydrogens (tertiary/aromatic N) is 6. The van der Waals surface area contributed by atoms with E-state index in [0.717, 1.165) is 49.0 Å². The molecule has 0 spiro atoms. The first-order valence-electron chi connectivity index (χ1n) is 15.6. The largest absolute Gasteiger partial charge is 0.511 e. The number of pyridine rings is 1. The molecule has 1 amide bonds. The van der Waals surface area contributed by atoms with Gasteiger partial charge in [0.05, 0.1) is 18.3 Å². The molecule has 1 aromatic carbocycles. The van der Waals surface area contributed by atoms with Gasteiger partial charge >= 0.3 is 15.5 Å². The first kappa shape index (κ1) is 29.7. The fourth-order valence-corrected chi connectivity index (χ4v) is 8.69. The van der Waals surface area contributed by atoms with Crippen LogP contribution in [0.4, 0.5) is 13.2 Å². The lowest BCUT2D eigenvalue weighted by atomic mass is 10.0. The Labute approximate surface area is 263 Å². The third kappa shape index (κ3) is 4.60. The van der Waals surface area contributed by atoms with Crippen LogP contribution in [0.5, 0.6) is 5.75 Å². The van der Waals surface area contributed by atoms with Crippen LogP contribution in [0.3, 0.4) is 0 Å². The zero-order valence-electron chi connectivity index (χ0n) is 25.2. The Bertz CT molecular complexity index is 1980. The summed E-state index contributed by atoms with van der Waals surface area (Å²) >= 11 is 0. The number of carbonyl (C=O) groups excluding carboxylic acids is 1. The molecule has 3 aromatic heterocycles. The van der Waals surface area contributed by atoms with Crippen molar-refractivity contribution in [1.82, 2.24) is 28.3 Å². The van der Waals surface area contributed by atoms with Gasteiger partial charge in [-0.25, -0.2) is 18.4 Å². The maximum Gasteiger partial charge on any atom is 0.511 e. The normalized spacial score (nSPS) is 23.9. The van der Waals surface area contributed by atoms with Crippen molar-refractivity contribution in [2.24, 2.45) is 23.5 Å². The minimum absolute atomic E-state index is 0.00696. The molecule has 4 fully saturated rings. The molecule has 0 radical (unpaired) electrons. The van der Waals surface area contributed by atoms with Crippen molar-refractivity contribution >= 4 is 38.0 Å². The third-order valence-electron chi connectivity index (χ3n) is 10.2. The van der Waals surface area contributed by atoms with E-state index < -0.39 is 21.4 Å². The van der Waals surface area contributed by atoms with Crippen LogP contribution < -0.4 is 10.5 Å². The molecule has 2 aliphatic heterocycles. The Balaban J connectivity index is 1.23. The number of carbonyl (C=O) groups is 1. The predicted octanol–water partition coefficient (Wildman–Crippen LogP) is 3.81. The van der Waals surface area contributed by atoms with Crippen LogP contribution in [0.25, 0.3) is 33.6 Å². The number of methoxy groups -OCH3 is 1. The Morgan fingerprint density at radius 1 is 1.04 bits per heavy atom. The average molecular weight is 658 g/mol. The van der Waals surface area contributed by atoms with Gasteiger partial charge in [-0.05, 0) is 67.9 Å². The molecular formula is C31H34F3N7O4S. The Kier molecular flexibility index (Phi) is 6.72. The molecule has 11 nitrogen and oxygen atoms in total. The van der Waals surface area contributed by atoms with Gasteiger partial charge in [-0.2, -0.15) is 17.5 Å². The van der Waals surface area contributed by atoms with Gasteiger partial charge < -0.3 is 24.5 Å². The Morgan fingerprint density at radius 3 is 2.46 bits per heavy atom. The van der Waals surface area contributed by atoms with Gasteiger partial charge in [-0.3, -0.25) is 4.79 Å². The summed E-state index contributed by atoms with van der Waals surface area (Å²) in [4.78, 5) is 25.4. The van der Waals surface area contributed by atoms with Gasteiger partial charge in [-0.1, -0.05) is 0 Å². The smallest absolute Gasteiger partial charge is 0.494 e. The van der Waals surface area contributed by atoms with Crippen LogP contribution in [0.15, 0.2) is 36.5 Å². The summed E-state index contributed by atoms with van der Waals surface area (Å²) in [6.45, 7) is 0.994. The van der Waals surface area contributed by atoms with E-state index in [-0.39, 0.29) is 43.5 Å². The molecule has 3 atom stereocenters. The molecule has 2 aliphatic carbocycles. The molecule has 244 valence electrons. The highest BCUT2D eigenvalue weighted by atomic mass is 32.2. The number of ether oxygens (including phenoxy) is 1. The number of benzene rings is 1. The van der Waals surface area contributed by atoms with Crippen molar-refractivity contribution in [2.45, 2.75) is 56.4 Å². The first-order valence-corrected chi connectivity index (χ1v) is 17.0. The van der Waals surface area contributed by atoms with E-state index in [1.807, 2.05) is 27.7 Å². The SMILES string of the molecule is COc1cc(C(=O)N2CC3CCC2[C@@H]3N)cc2nc(-c3cc4cccnc4n3CC3CC3)n(CC3CN(S(=O)(=O)C(F)(F)F)C3)c12. The second-order valence-corrected chi connectivity index (χ2v) is 15.1. The third-order valence-corrected chi connectivity index (χ3v) is 11.8. The summed E-state index contributed by atoms with van der Waals surface area (Å²) in [5.74, 6) is 1.20. The maximum atomic E-state index is 13.8. The van der Waals surface area contributed by atoms with Crippen LogP contribution >= 0.6 is 0 Å². The van der Waals surface area contributed by atoms with E-state index in [0.29, 0.717) is 44.9 Å². The molecule has 2 saturated heterocycles. The average Bonchev–Trinajstić information content (AvgIpc) is 3.36. The van der Waals surface area contributed by atoms with Gasteiger partial charge in [0.2, 0.25) is 0 Å². The molecular weight excluding hydrogens is 623 g/mol. The number of alkyl halides is 3. The summed E-state index contributed by atoms with van der Waals surface area (Å²) in [5.41, 5.74) is 4.13. The summed E-state index contributed by atoms with van der Waals surface area (Å²) in [5, 5.41) is 0.922. The topological polar surface area (TPSA) is 129 Å². The number of hydrogen-bond donors (Lipinski definition) is 1. The van der Waals surface area contributed by atoms with E-state index in [4.69, 9.17) is 15.5 Å². The van der Waals surface area contributed by atoms with E-state index in [1.54, 1.807) is 18.3 Å². The highest BCUT2D eigenvalue weighted by Gasteiger charge is 2.53. The standard InChI is InChI=1S/C31H34F3N7O4S/c1-45-25-11-21(30(42)40-16-20-6-7-23(40)26(20)35)9-22-27(25)41(15-18-12-38(13-18)46(43,44)31(32,33)34)29(37-22)24-10-19-3-2-8-36-28(19)39(24)14-17-4-5-17/h2-3,8-11,17-18,20,23,26H,4-7,12-16,35H2,1H3/t20?,23?,26-/m1/s1. The van der Waals surface area contributed by atoms with Crippen LogP contribution in [-0.2, 0) is 23.1 Å². The number of nitrogens with two attached hydrogens (primary N) is 1. The Morgan fingerprint density at radius 2 is 1.80 bits per heavy atom. The summed E-state index contributed by atoms with van der Waals surface area (Å²) in [6.07, 6.45) is 5.83. The lowest BCUT2D eigenvalue weighted by Gasteiger charge is -2.38. The lowest BCUT2D eigenvalue weighted by molar-refractivity contribution is -0.0525. The van der Waals surface area contributed by atoms with Crippen molar-refractivity contribution in [2.75, 3.05) is 26.7 Å². The van der Waals surface area contributed by atoms with Gasteiger partial charge in [-0.15, -0.1) is 0 Å². The summed E-state index contributed by atoms with van der Waals surface area (Å²) in [6, 6.07) is 9.22.